The Kier molecular flexibility index (Phi) is 2.69. The SMILES string of the molecule is CC1(C)CC(=O)CC(C)(C)N1CC#N. The molecule has 0 aromatic carbocycles. The quantitative estimate of drug-likeness (QED) is 0.597. The first-order chi connectivity index (χ1) is 6.29. The van der Waals surface area contributed by atoms with Crippen molar-refractivity contribution in [2.75, 3.05) is 6.54 Å². The summed E-state index contributed by atoms with van der Waals surface area (Å²) in [5.74, 6) is 0.300. The average Bonchev–Trinajstić information content (AvgIpc) is 1.94. The molecule has 1 rings (SSSR count). The fourth-order valence-electron chi connectivity index (χ4n) is 2.54. The Labute approximate surface area is 85.7 Å². The summed E-state index contributed by atoms with van der Waals surface area (Å²) in [5, 5.41) is 8.77. The third-order valence-corrected chi connectivity index (χ3v) is 2.95. The first kappa shape index (κ1) is 11.2. The van der Waals surface area contributed by atoms with Gasteiger partial charge in [0.05, 0.1) is 12.6 Å². The third-order valence-electron chi connectivity index (χ3n) is 2.95. The number of nitriles is 1. The molecule has 1 fully saturated rings. The van der Waals surface area contributed by atoms with E-state index < -0.39 is 0 Å². The van der Waals surface area contributed by atoms with Crippen molar-refractivity contribution in [3.05, 3.63) is 0 Å². The van der Waals surface area contributed by atoms with E-state index >= 15 is 0 Å². The normalized spacial score (nSPS) is 25.8. The van der Waals surface area contributed by atoms with Crippen LogP contribution in [0.1, 0.15) is 40.5 Å². The summed E-state index contributed by atoms with van der Waals surface area (Å²) in [5.41, 5.74) is -0.372. The molecule has 0 radical (unpaired) electrons. The number of hydrogen-bond donors (Lipinski definition) is 0. The number of hydrogen-bond acceptors (Lipinski definition) is 3. The molecule has 14 heavy (non-hydrogen) atoms. The molecule has 0 aromatic heterocycles. The van der Waals surface area contributed by atoms with E-state index in [-0.39, 0.29) is 11.1 Å². The molecule has 0 atom stereocenters. The van der Waals surface area contributed by atoms with Gasteiger partial charge < -0.3 is 0 Å². The van der Waals surface area contributed by atoms with Crippen LogP contribution in [-0.2, 0) is 4.79 Å². The molecule has 0 unspecified atom stereocenters. The number of piperidine rings is 1. The van der Waals surface area contributed by atoms with Gasteiger partial charge in [0.2, 0.25) is 0 Å². The molecular formula is C11H18N2O. The zero-order valence-electron chi connectivity index (χ0n) is 9.42. The minimum atomic E-state index is -0.186. The summed E-state index contributed by atoms with van der Waals surface area (Å²) < 4.78 is 0. The molecule has 0 spiro atoms. The lowest BCUT2D eigenvalue weighted by atomic mass is 9.79. The fraction of sp³-hybridized carbons (Fsp3) is 0.818. The van der Waals surface area contributed by atoms with Gasteiger partial charge in [-0.2, -0.15) is 5.26 Å². The number of carbonyl (C=O) groups is 1. The van der Waals surface area contributed by atoms with Crippen molar-refractivity contribution in [3.8, 4) is 6.07 Å². The smallest absolute Gasteiger partial charge is 0.136 e. The van der Waals surface area contributed by atoms with E-state index in [0.29, 0.717) is 25.2 Å². The summed E-state index contributed by atoms with van der Waals surface area (Å²) in [7, 11) is 0. The van der Waals surface area contributed by atoms with Gasteiger partial charge in [-0.3, -0.25) is 9.69 Å². The molecule has 1 heterocycles. The van der Waals surface area contributed by atoms with Gasteiger partial charge in [-0.05, 0) is 27.7 Å². The molecule has 0 saturated carbocycles. The Morgan fingerprint density at radius 1 is 1.29 bits per heavy atom. The Balaban J connectivity index is 2.97. The van der Waals surface area contributed by atoms with Gasteiger partial charge in [-0.25, -0.2) is 0 Å². The molecule has 1 aliphatic heterocycles. The second kappa shape index (κ2) is 3.36. The van der Waals surface area contributed by atoms with E-state index in [9.17, 15) is 4.79 Å². The number of nitrogens with zero attached hydrogens (tertiary/aromatic N) is 2. The number of Topliss-reactive ketones (excluding diaryl/α,β-unsaturated/α-hetero) is 1. The lowest BCUT2D eigenvalue weighted by Gasteiger charge is -2.50. The van der Waals surface area contributed by atoms with Crippen molar-refractivity contribution in [3.63, 3.8) is 0 Å². The Morgan fingerprint density at radius 2 is 1.71 bits per heavy atom. The summed E-state index contributed by atoms with van der Waals surface area (Å²) in [6, 6.07) is 2.18. The highest BCUT2D eigenvalue weighted by Crippen LogP contribution is 2.35. The van der Waals surface area contributed by atoms with Crippen LogP contribution in [-0.4, -0.2) is 28.3 Å². The fourth-order valence-corrected chi connectivity index (χ4v) is 2.54. The van der Waals surface area contributed by atoms with Crippen molar-refractivity contribution < 1.29 is 4.79 Å². The molecule has 0 aromatic rings. The molecule has 1 saturated heterocycles. The van der Waals surface area contributed by atoms with E-state index in [1.54, 1.807) is 0 Å². The van der Waals surface area contributed by atoms with E-state index in [4.69, 9.17) is 5.26 Å². The molecule has 3 nitrogen and oxygen atoms in total. The van der Waals surface area contributed by atoms with Crippen LogP contribution in [0, 0.1) is 11.3 Å². The van der Waals surface area contributed by atoms with Gasteiger partial charge in [-0.1, -0.05) is 0 Å². The highest BCUT2D eigenvalue weighted by molar-refractivity contribution is 5.81. The van der Waals surface area contributed by atoms with E-state index in [0.717, 1.165) is 0 Å². The van der Waals surface area contributed by atoms with E-state index in [2.05, 4.69) is 11.0 Å². The molecule has 0 amide bonds. The van der Waals surface area contributed by atoms with Crippen LogP contribution in [0.4, 0.5) is 0 Å². The minimum absolute atomic E-state index is 0.186. The maximum Gasteiger partial charge on any atom is 0.136 e. The average molecular weight is 194 g/mol. The van der Waals surface area contributed by atoms with E-state index in [1.165, 1.54) is 0 Å². The molecule has 1 aliphatic rings. The summed E-state index contributed by atoms with van der Waals surface area (Å²) in [6.07, 6.45) is 1.11. The van der Waals surface area contributed by atoms with Crippen LogP contribution in [0.3, 0.4) is 0 Å². The van der Waals surface area contributed by atoms with Crippen LogP contribution >= 0.6 is 0 Å². The zero-order chi connectivity index (χ0) is 11.0. The van der Waals surface area contributed by atoms with Crippen LogP contribution in [0.15, 0.2) is 0 Å². The summed E-state index contributed by atoms with van der Waals surface area (Å²) in [4.78, 5) is 13.7. The van der Waals surface area contributed by atoms with Crippen molar-refractivity contribution in [2.45, 2.75) is 51.6 Å². The predicted molar refractivity (Wildman–Crippen MR) is 54.7 cm³/mol. The number of carbonyl (C=O) groups excluding carboxylic acids is 1. The van der Waals surface area contributed by atoms with Crippen molar-refractivity contribution in [1.29, 1.82) is 5.26 Å². The standard InChI is InChI=1S/C11H18N2O/c1-10(2)7-9(14)8-11(3,4)13(10)6-5-12/h6-8H2,1-4H3. The van der Waals surface area contributed by atoms with Crippen LogP contribution in [0.25, 0.3) is 0 Å². The topological polar surface area (TPSA) is 44.1 Å². The molecule has 0 aliphatic carbocycles. The lowest BCUT2D eigenvalue weighted by molar-refractivity contribution is -0.132. The van der Waals surface area contributed by atoms with E-state index in [1.807, 2.05) is 27.7 Å². The van der Waals surface area contributed by atoms with Gasteiger partial charge in [0.25, 0.3) is 0 Å². The zero-order valence-corrected chi connectivity index (χ0v) is 9.42. The Hall–Kier alpha value is -0.880. The molecule has 0 N–H and O–H groups in total. The highest BCUT2D eigenvalue weighted by Gasteiger charge is 2.44. The maximum absolute atomic E-state index is 11.5. The van der Waals surface area contributed by atoms with Gasteiger partial charge in [0, 0.05) is 23.9 Å². The Morgan fingerprint density at radius 3 is 2.07 bits per heavy atom. The maximum atomic E-state index is 11.5. The van der Waals surface area contributed by atoms with Crippen LogP contribution < -0.4 is 0 Å². The number of ketones is 1. The molecule has 0 bridgehead atoms. The van der Waals surface area contributed by atoms with Crippen molar-refractivity contribution in [1.82, 2.24) is 4.90 Å². The first-order valence-electron chi connectivity index (χ1n) is 4.96. The second-order valence-electron chi connectivity index (χ2n) is 5.26. The highest BCUT2D eigenvalue weighted by atomic mass is 16.1. The van der Waals surface area contributed by atoms with Gasteiger partial charge in [-0.15, -0.1) is 0 Å². The number of likely N-dealkylation sites (tertiary alicyclic amines) is 1. The minimum Gasteiger partial charge on any atom is -0.300 e. The molecule has 78 valence electrons. The van der Waals surface area contributed by atoms with Crippen LogP contribution in [0.5, 0.6) is 0 Å². The van der Waals surface area contributed by atoms with Gasteiger partial charge in [0.15, 0.2) is 0 Å². The first-order valence-corrected chi connectivity index (χ1v) is 4.96. The predicted octanol–water partition coefficient (Wildman–Crippen LogP) is 1.73. The second-order valence-corrected chi connectivity index (χ2v) is 5.26. The molecule has 3 heteroatoms. The molecular weight excluding hydrogens is 176 g/mol. The van der Waals surface area contributed by atoms with Crippen molar-refractivity contribution in [2.24, 2.45) is 0 Å². The van der Waals surface area contributed by atoms with Crippen LogP contribution in [0.2, 0.25) is 0 Å². The van der Waals surface area contributed by atoms with Gasteiger partial charge >= 0.3 is 0 Å². The lowest BCUT2D eigenvalue weighted by Crippen LogP contribution is -2.60. The summed E-state index contributed by atoms with van der Waals surface area (Å²) in [6.45, 7) is 8.52. The summed E-state index contributed by atoms with van der Waals surface area (Å²) >= 11 is 0. The Bertz CT molecular complexity index is 266. The monoisotopic (exact) mass is 194 g/mol. The third kappa shape index (κ3) is 1.96. The van der Waals surface area contributed by atoms with Crippen molar-refractivity contribution >= 4 is 5.78 Å². The largest absolute Gasteiger partial charge is 0.300 e. The number of rotatable bonds is 1. The van der Waals surface area contributed by atoms with Gasteiger partial charge in [0.1, 0.15) is 5.78 Å².